The van der Waals surface area contributed by atoms with E-state index in [0.29, 0.717) is 25.4 Å². The summed E-state index contributed by atoms with van der Waals surface area (Å²) in [6.45, 7) is 0.912. The molecule has 0 spiro atoms. The molecule has 5 nitrogen and oxygen atoms in total. The monoisotopic (exact) mass is 325 g/mol. The van der Waals surface area contributed by atoms with Crippen molar-refractivity contribution in [2.75, 3.05) is 6.54 Å². The Labute approximate surface area is 141 Å². The fourth-order valence-electron chi connectivity index (χ4n) is 2.71. The molecule has 0 radical (unpaired) electrons. The summed E-state index contributed by atoms with van der Waals surface area (Å²) < 4.78 is 1.55. The molecule has 0 bridgehead atoms. The predicted octanol–water partition coefficient (Wildman–Crippen LogP) is 2.26. The molecule has 1 N–H and O–H groups in total. The zero-order valence-electron chi connectivity index (χ0n) is 13.8. The van der Waals surface area contributed by atoms with Gasteiger partial charge in [-0.2, -0.15) is 0 Å². The molecule has 1 aromatic heterocycles. The van der Waals surface area contributed by atoms with E-state index in [4.69, 9.17) is 0 Å². The Morgan fingerprint density at radius 3 is 2.75 bits per heavy atom. The number of amides is 1. The van der Waals surface area contributed by atoms with Crippen LogP contribution < -0.4 is 10.9 Å². The van der Waals surface area contributed by atoms with E-state index in [9.17, 15) is 9.59 Å². The van der Waals surface area contributed by atoms with E-state index in [2.05, 4.69) is 22.4 Å². The third-order valence-corrected chi connectivity index (χ3v) is 4.28. The van der Waals surface area contributed by atoms with Crippen molar-refractivity contribution in [3.8, 4) is 0 Å². The molecule has 0 atom stereocenters. The summed E-state index contributed by atoms with van der Waals surface area (Å²) >= 11 is 0. The molecule has 0 saturated heterocycles. The second-order valence-electron chi connectivity index (χ2n) is 6.31. The van der Waals surface area contributed by atoms with Gasteiger partial charge >= 0.3 is 0 Å². The van der Waals surface area contributed by atoms with Crippen molar-refractivity contribution in [2.45, 2.75) is 44.6 Å². The van der Waals surface area contributed by atoms with E-state index in [0.717, 1.165) is 31.4 Å². The second kappa shape index (κ2) is 7.90. The molecular weight excluding hydrogens is 302 g/mol. The summed E-state index contributed by atoms with van der Waals surface area (Å²) in [6.07, 6.45) is 6.10. The Balaban J connectivity index is 1.36. The summed E-state index contributed by atoms with van der Waals surface area (Å²) in [7, 11) is 0. The highest BCUT2D eigenvalue weighted by Crippen LogP contribution is 2.38. The summed E-state index contributed by atoms with van der Waals surface area (Å²) in [4.78, 5) is 28.2. The highest BCUT2D eigenvalue weighted by Gasteiger charge is 2.25. The predicted molar refractivity (Wildman–Crippen MR) is 92.9 cm³/mol. The Kier molecular flexibility index (Phi) is 5.41. The minimum absolute atomic E-state index is 0.0292. The summed E-state index contributed by atoms with van der Waals surface area (Å²) in [6, 6.07) is 11.8. The first kappa shape index (κ1) is 16.4. The molecule has 1 fully saturated rings. The molecule has 5 heteroatoms. The van der Waals surface area contributed by atoms with Crippen molar-refractivity contribution >= 4 is 5.91 Å². The van der Waals surface area contributed by atoms with E-state index in [1.54, 1.807) is 17.0 Å². The van der Waals surface area contributed by atoms with Gasteiger partial charge in [-0.3, -0.25) is 14.2 Å². The third kappa shape index (κ3) is 4.78. The lowest BCUT2D eigenvalue weighted by molar-refractivity contribution is -0.121. The van der Waals surface area contributed by atoms with Gasteiger partial charge in [0, 0.05) is 31.5 Å². The summed E-state index contributed by atoms with van der Waals surface area (Å²) in [5, 5.41) is 2.87. The van der Waals surface area contributed by atoms with Crippen molar-refractivity contribution in [2.24, 2.45) is 0 Å². The maximum atomic E-state index is 12.0. The molecule has 126 valence electrons. The fourth-order valence-corrected chi connectivity index (χ4v) is 2.71. The minimum Gasteiger partial charge on any atom is -0.354 e. The van der Waals surface area contributed by atoms with Gasteiger partial charge in [0.1, 0.15) is 0 Å². The Hall–Kier alpha value is -2.43. The lowest BCUT2D eigenvalue weighted by Gasteiger charge is -2.08. The van der Waals surface area contributed by atoms with Gasteiger partial charge in [-0.25, -0.2) is 4.98 Å². The zero-order chi connectivity index (χ0) is 16.8. The van der Waals surface area contributed by atoms with Crippen molar-refractivity contribution in [1.29, 1.82) is 0 Å². The molecule has 2 aromatic rings. The van der Waals surface area contributed by atoms with E-state index >= 15 is 0 Å². The molecule has 0 unspecified atom stereocenters. The molecule has 3 rings (SSSR count). The number of nitrogens with one attached hydrogen (secondary N) is 1. The van der Waals surface area contributed by atoms with Gasteiger partial charge < -0.3 is 5.32 Å². The fraction of sp³-hybridized carbons (Fsp3) is 0.421. The lowest BCUT2D eigenvalue weighted by atomic mass is 10.1. The number of aromatic nitrogens is 2. The number of hydrogen-bond acceptors (Lipinski definition) is 3. The largest absolute Gasteiger partial charge is 0.354 e. The first-order valence-corrected chi connectivity index (χ1v) is 8.59. The van der Waals surface area contributed by atoms with E-state index < -0.39 is 0 Å². The minimum atomic E-state index is -0.0368. The number of carbonyl (C=O) groups is 1. The van der Waals surface area contributed by atoms with Crippen molar-refractivity contribution in [3.05, 3.63) is 64.3 Å². The van der Waals surface area contributed by atoms with Crippen molar-refractivity contribution in [3.63, 3.8) is 0 Å². The van der Waals surface area contributed by atoms with Gasteiger partial charge in [0.15, 0.2) is 0 Å². The molecular formula is C19H23N3O2. The van der Waals surface area contributed by atoms with Crippen LogP contribution >= 0.6 is 0 Å². The van der Waals surface area contributed by atoms with E-state index in [1.807, 2.05) is 18.2 Å². The van der Waals surface area contributed by atoms with Crippen LogP contribution in [-0.2, 0) is 17.8 Å². The molecule has 1 amide bonds. The Morgan fingerprint density at radius 1 is 1.25 bits per heavy atom. The summed E-state index contributed by atoms with van der Waals surface area (Å²) in [5.74, 6) is 0.512. The highest BCUT2D eigenvalue weighted by molar-refractivity contribution is 5.75. The second-order valence-corrected chi connectivity index (χ2v) is 6.31. The SMILES string of the molecule is O=C(CCCc1ccccc1)NCCn1cnc(C2CC2)cc1=O. The van der Waals surface area contributed by atoms with Crippen LogP contribution in [0.25, 0.3) is 0 Å². The van der Waals surface area contributed by atoms with Crippen LogP contribution in [0.1, 0.15) is 42.9 Å². The molecule has 0 aliphatic heterocycles. The quantitative estimate of drug-likeness (QED) is 0.810. The molecule has 1 heterocycles. The number of aryl methyl sites for hydroxylation is 1. The number of rotatable bonds is 8. The lowest BCUT2D eigenvalue weighted by Crippen LogP contribution is -2.30. The number of benzene rings is 1. The van der Waals surface area contributed by atoms with E-state index in [-0.39, 0.29) is 11.5 Å². The Morgan fingerprint density at radius 2 is 2.04 bits per heavy atom. The molecule has 1 aliphatic rings. The average molecular weight is 325 g/mol. The van der Waals surface area contributed by atoms with Crippen LogP contribution in [0.3, 0.4) is 0 Å². The smallest absolute Gasteiger partial charge is 0.253 e. The zero-order valence-corrected chi connectivity index (χ0v) is 13.8. The van der Waals surface area contributed by atoms with Gasteiger partial charge in [0.2, 0.25) is 5.91 Å². The summed E-state index contributed by atoms with van der Waals surface area (Å²) in [5.41, 5.74) is 2.12. The normalized spacial score (nSPS) is 13.7. The van der Waals surface area contributed by atoms with Crippen LogP contribution in [0.5, 0.6) is 0 Å². The first-order valence-electron chi connectivity index (χ1n) is 8.59. The topological polar surface area (TPSA) is 64.0 Å². The Bertz CT molecular complexity index is 736. The van der Waals surface area contributed by atoms with Gasteiger partial charge in [0.25, 0.3) is 5.56 Å². The molecule has 1 aromatic carbocycles. The van der Waals surface area contributed by atoms with E-state index in [1.165, 1.54) is 5.56 Å². The van der Waals surface area contributed by atoms with Crippen LogP contribution in [0.4, 0.5) is 0 Å². The van der Waals surface area contributed by atoms with Crippen LogP contribution in [-0.4, -0.2) is 22.0 Å². The van der Waals surface area contributed by atoms with Crippen LogP contribution in [0.2, 0.25) is 0 Å². The maximum Gasteiger partial charge on any atom is 0.253 e. The number of nitrogens with zero attached hydrogens (tertiary/aromatic N) is 2. The van der Waals surface area contributed by atoms with Crippen LogP contribution in [0.15, 0.2) is 47.5 Å². The van der Waals surface area contributed by atoms with Crippen LogP contribution in [0, 0.1) is 0 Å². The van der Waals surface area contributed by atoms with Gasteiger partial charge in [-0.15, -0.1) is 0 Å². The highest BCUT2D eigenvalue weighted by atomic mass is 16.1. The maximum absolute atomic E-state index is 12.0. The number of carbonyl (C=O) groups excluding carboxylic acids is 1. The standard InChI is InChI=1S/C19H23N3O2/c23-18(8-4-7-15-5-2-1-3-6-15)20-11-12-22-14-21-17(13-19(22)24)16-9-10-16/h1-3,5-6,13-14,16H,4,7-12H2,(H,20,23). The average Bonchev–Trinajstić information content (AvgIpc) is 3.42. The van der Waals surface area contributed by atoms with Gasteiger partial charge in [-0.05, 0) is 31.2 Å². The number of hydrogen-bond donors (Lipinski definition) is 1. The molecule has 24 heavy (non-hydrogen) atoms. The van der Waals surface area contributed by atoms with Gasteiger partial charge in [0.05, 0.1) is 12.0 Å². The molecule has 1 aliphatic carbocycles. The third-order valence-electron chi connectivity index (χ3n) is 4.28. The van der Waals surface area contributed by atoms with Crippen molar-refractivity contribution < 1.29 is 4.79 Å². The van der Waals surface area contributed by atoms with Gasteiger partial charge in [-0.1, -0.05) is 30.3 Å². The van der Waals surface area contributed by atoms with Crippen molar-refractivity contribution in [1.82, 2.24) is 14.9 Å². The molecule has 1 saturated carbocycles. The first-order chi connectivity index (χ1) is 11.7.